The predicted octanol–water partition coefficient (Wildman–Crippen LogP) is 1.09. The average molecular weight is 109 g/mol. The van der Waals surface area contributed by atoms with Crippen LogP contribution in [0.3, 0.4) is 0 Å². The minimum Gasteiger partial charge on any atom is -0.304 e. The zero-order valence-corrected chi connectivity index (χ0v) is 5.09. The maximum Gasteiger partial charge on any atom is 0.0438 e. The second kappa shape index (κ2) is 2.68. The van der Waals surface area contributed by atoms with E-state index < -0.39 is 0 Å². The van der Waals surface area contributed by atoms with Crippen LogP contribution in [0.25, 0.3) is 0 Å². The molecule has 8 heavy (non-hydrogen) atoms. The van der Waals surface area contributed by atoms with Crippen LogP contribution < -0.4 is 5.32 Å². The van der Waals surface area contributed by atoms with Crippen LogP contribution in [-0.2, 0) is 0 Å². The van der Waals surface area contributed by atoms with E-state index in [1.54, 1.807) is 0 Å². The van der Waals surface area contributed by atoms with Crippen LogP contribution in [0, 0.1) is 0 Å². The Morgan fingerprint density at radius 1 is 1.75 bits per heavy atom. The van der Waals surface area contributed by atoms with Crippen molar-refractivity contribution in [2.24, 2.45) is 0 Å². The van der Waals surface area contributed by atoms with Crippen molar-refractivity contribution in [1.29, 1.82) is 0 Å². The number of nitrogens with one attached hydrogen (secondary N) is 1. The lowest BCUT2D eigenvalue weighted by Crippen LogP contribution is -2.18. The summed E-state index contributed by atoms with van der Waals surface area (Å²) in [5.41, 5.74) is 0. The SMILES string of the molecule is C/C=C/[C@@H]1C=CCN1. The molecule has 0 fully saturated rings. The molecule has 0 aromatic rings. The van der Waals surface area contributed by atoms with Crippen molar-refractivity contribution in [1.82, 2.24) is 5.32 Å². The summed E-state index contributed by atoms with van der Waals surface area (Å²) in [5, 5.41) is 3.26. The third-order valence-electron chi connectivity index (χ3n) is 1.21. The van der Waals surface area contributed by atoms with Gasteiger partial charge in [0.05, 0.1) is 0 Å². The Kier molecular flexibility index (Phi) is 1.86. The smallest absolute Gasteiger partial charge is 0.0438 e. The third kappa shape index (κ3) is 1.20. The normalized spacial score (nSPS) is 27.9. The van der Waals surface area contributed by atoms with Gasteiger partial charge in [-0.3, -0.25) is 0 Å². The second-order valence-electron chi connectivity index (χ2n) is 1.89. The zero-order valence-electron chi connectivity index (χ0n) is 5.09. The maximum absolute atomic E-state index is 3.26. The molecule has 1 nitrogen and oxygen atoms in total. The summed E-state index contributed by atoms with van der Waals surface area (Å²) in [7, 11) is 0. The molecule has 1 N–H and O–H groups in total. The van der Waals surface area contributed by atoms with Gasteiger partial charge in [0.25, 0.3) is 0 Å². The highest BCUT2D eigenvalue weighted by atomic mass is 14.9. The van der Waals surface area contributed by atoms with E-state index in [1.807, 2.05) is 6.92 Å². The summed E-state index contributed by atoms with van der Waals surface area (Å²) in [4.78, 5) is 0. The highest BCUT2D eigenvalue weighted by Gasteiger charge is 2.00. The Balaban J connectivity index is 2.36. The van der Waals surface area contributed by atoms with E-state index in [-0.39, 0.29) is 0 Å². The highest BCUT2D eigenvalue weighted by molar-refractivity contribution is 5.11. The van der Waals surface area contributed by atoms with Crippen LogP contribution >= 0.6 is 0 Å². The van der Waals surface area contributed by atoms with Crippen molar-refractivity contribution in [2.45, 2.75) is 13.0 Å². The van der Waals surface area contributed by atoms with Crippen molar-refractivity contribution in [2.75, 3.05) is 6.54 Å². The fourth-order valence-corrected chi connectivity index (χ4v) is 0.826. The summed E-state index contributed by atoms with van der Waals surface area (Å²) >= 11 is 0. The van der Waals surface area contributed by atoms with Gasteiger partial charge in [-0.25, -0.2) is 0 Å². The van der Waals surface area contributed by atoms with E-state index in [2.05, 4.69) is 29.6 Å². The second-order valence-corrected chi connectivity index (χ2v) is 1.89. The van der Waals surface area contributed by atoms with E-state index in [9.17, 15) is 0 Å². The van der Waals surface area contributed by atoms with Crippen molar-refractivity contribution in [3.63, 3.8) is 0 Å². The van der Waals surface area contributed by atoms with Crippen molar-refractivity contribution in [3.05, 3.63) is 24.3 Å². The van der Waals surface area contributed by atoms with E-state index >= 15 is 0 Å². The largest absolute Gasteiger partial charge is 0.304 e. The average Bonchev–Trinajstić information content (AvgIpc) is 2.19. The van der Waals surface area contributed by atoms with E-state index in [4.69, 9.17) is 0 Å². The van der Waals surface area contributed by atoms with Crippen LogP contribution in [0.5, 0.6) is 0 Å². The summed E-state index contributed by atoms with van der Waals surface area (Å²) < 4.78 is 0. The first-order valence-electron chi connectivity index (χ1n) is 2.96. The standard InChI is InChI=1S/C7H11N/c1-2-4-7-5-3-6-8-7/h2-5,7-8H,6H2,1H3/b4-2+/t7-/m1/s1. The van der Waals surface area contributed by atoms with E-state index in [0.717, 1.165) is 6.54 Å². The lowest BCUT2D eigenvalue weighted by molar-refractivity contribution is 0.781. The first-order valence-corrected chi connectivity index (χ1v) is 2.96. The first-order chi connectivity index (χ1) is 3.93. The molecule has 1 aliphatic heterocycles. The molecule has 0 amide bonds. The van der Waals surface area contributed by atoms with Crippen LogP contribution in [0.2, 0.25) is 0 Å². The Hall–Kier alpha value is -0.560. The lowest BCUT2D eigenvalue weighted by Gasteiger charge is -1.98. The van der Waals surface area contributed by atoms with Gasteiger partial charge in [-0.1, -0.05) is 24.3 Å². The molecule has 0 aromatic heterocycles. The molecule has 0 spiro atoms. The molecule has 0 aliphatic carbocycles. The first kappa shape index (κ1) is 5.57. The Labute approximate surface area is 50.1 Å². The molecular weight excluding hydrogens is 98.1 g/mol. The van der Waals surface area contributed by atoms with Gasteiger partial charge in [0.15, 0.2) is 0 Å². The third-order valence-corrected chi connectivity index (χ3v) is 1.21. The summed E-state index contributed by atoms with van der Waals surface area (Å²) in [6.07, 6.45) is 8.52. The maximum atomic E-state index is 3.26. The topological polar surface area (TPSA) is 12.0 Å². The molecule has 44 valence electrons. The van der Waals surface area contributed by atoms with Crippen molar-refractivity contribution < 1.29 is 0 Å². The van der Waals surface area contributed by atoms with Gasteiger partial charge in [-0.2, -0.15) is 0 Å². The van der Waals surface area contributed by atoms with Gasteiger partial charge in [0, 0.05) is 12.6 Å². The van der Waals surface area contributed by atoms with Crippen molar-refractivity contribution in [3.8, 4) is 0 Å². The van der Waals surface area contributed by atoms with Crippen LogP contribution in [0.1, 0.15) is 6.92 Å². The number of rotatable bonds is 1. The Morgan fingerprint density at radius 2 is 2.62 bits per heavy atom. The molecule has 0 saturated heterocycles. The molecule has 0 unspecified atom stereocenters. The van der Waals surface area contributed by atoms with Gasteiger partial charge in [0.2, 0.25) is 0 Å². The van der Waals surface area contributed by atoms with E-state index in [1.165, 1.54) is 0 Å². The molecule has 1 atom stereocenters. The molecule has 0 radical (unpaired) electrons. The molecule has 0 bridgehead atoms. The quantitative estimate of drug-likeness (QED) is 0.497. The summed E-state index contributed by atoms with van der Waals surface area (Å²) in [5.74, 6) is 0. The molecule has 1 rings (SSSR count). The molecular formula is C7H11N. The molecule has 0 aromatic carbocycles. The highest BCUT2D eigenvalue weighted by Crippen LogP contribution is 1.94. The minimum atomic E-state index is 0.500. The fraction of sp³-hybridized carbons (Fsp3) is 0.429. The van der Waals surface area contributed by atoms with Gasteiger partial charge < -0.3 is 5.32 Å². The minimum absolute atomic E-state index is 0.500. The molecule has 1 aliphatic rings. The Bertz CT molecular complexity index is 114. The fourth-order valence-electron chi connectivity index (χ4n) is 0.826. The molecule has 1 heteroatoms. The van der Waals surface area contributed by atoms with Crippen LogP contribution in [-0.4, -0.2) is 12.6 Å². The Morgan fingerprint density at radius 3 is 3.12 bits per heavy atom. The van der Waals surface area contributed by atoms with Gasteiger partial charge in [0.1, 0.15) is 0 Å². The number of hydrogen-bond donors (Lipinski definition) is 1. The van der Waals surface area contributed by atoms with Gasteiger partial charge >= 0.3 is 0 Å². The zero-order chi connectivity index (χ0) is 5.82. The van der Waals surface area contributed by atoms with E-state index in [0.29, 0.717) is 6.04 Å². The monoisotopic (exact) mass is 109 g/mol. The number of allylic oxidation sites excluding steroid dienone is 1. The van der Waals surface area contributed by atoms with Gasteiger partial charge in [-0.15, -0.1) is 0 Å². The summed E-state index contributed by atoms with van der Waals surface area (Å²) in [6, 6.07) is 0.500. The number of hydrogen-bond acceptors (Lipinski definition) is 1. The molecule has 0 saturated carbocycles. The lowest BCUT2D eigenvalue weighted by atomic mass is 10.3. The molecule has 1 heterocycles. The predicted molar refractivity (Wildman–Crippen MR) is 35.7 cm³/mol. The van der Waals surface area contributed by atoms with Crippen LogP contribution in [0.15, 0.2) is 24.3 Å². The summed E-state index contributed by atoms with van der Waals surface area (Å²) in [6.45, 7) is 3.06. The van der Waals surface area contributed by atoms with Crippen molar-refractivity contribution >= 4 is 0 Å². The van der Waals surface area contributed by atoms with Crippen LogP contribution in [0.4, 0.5) is 0 Å². The van der Waals surface area contributed by atoms with Gasteiger partial charge in [-0.05, 0) is 6.92 Å².